The van der Waals surface area contributed by atoms with Gasteiger partial charge in [-0.25, -0.2) is 0 Å². The number of aliphatic hydroxyl groups excluding tert-OH is 5. The van der Waals surface area contributed by atoms with Crippen LogP contribution in [0.2, 0.25) is 0 Å². The summed E-state index contributed by atoms with van der Waals surface area (Å²) in [5.74, 6) is -0.175. The van der Waals surface area contributed by atoms with E-state index in [2.05, 4.69) is 19.2 Å². The fourth-order valence-electron chi connectivity index (χ4n) is 8.28. The van der Waals surface area contributed by atoms with Crippen LogP contribution in [0.25, 0.3) is 0 Å². The molecule has 7 atom stereocenters. The van der Waals surface area contributed by atoms with Crippen LogP contribution in [0.3, 0.4) is 0 Å². The van der Waals surface area contributed by atoms with Gasteiger partial charge in [-0.1, -0.05) is 231 Å². The quantitative estimate of drug-likeness (QED) is 0.0263. The van der Waals surface area contributed by atoms with Gasteiger partial charge in [-0.15, -0.1) is 0 Å². The van der Waals surface area contributed by atoms with E-state index >= 15 is 0 Å². The van der Waals surface area contributed by atoms with Crippen LogP contribution in [-0.2, 0) is 14.3 Å². The van der Waals surface area contributed by atoms with Crippen LogP contribution in [0.4, 0.5) is 0 Å². The van der Waals surface area contributed by atoms with Crippen LogP contribution in [0.15, 0.2) is 12.2 Å². The van der Waals surface area contributed by atoms with Gasteiger partial charge in [0.05, 0.1) is 25.4 Å². The molecule has 9 heteroatoms. The van der Waals surface area contributed by atoms with E-state index in [-0.39, 0.29) is 12.5 Å². The minimum atomic E-state index is -1.56. The number of carbonyl (C=O) groups excluding carboxylic acids is 1. The highest BCUT2D eigenvalue weighted by Crippen LogP contribution is 2.23. The molecule has 0 aliphatic carbocycles. The van der Waals surface area contributed by atoms with Crippen molar-refractivity contribution in [2.75, 3.05) is 13.2 Å². The molecule has 2 unspecified atom stereocenters. The fraction of sp³-hybridized carbons (Fsp3) is 0.940. The fourth-order valence-corrected chi connectivity index (χ4v) is 8.28. The van der Waals surface area contributed by atoms with Crippen molar-refractivity contribution in [3.63, 3.8) is 0 Å². The molecule has 0 radical (unpaired) electrons. The molecule has 0 aromatic heterocycles. The summed E-state index contributed by atoms with van der Waals surface area (Å²) in [7, 11) is 0. The van der Waals surface area contributed by atoms with Crippen molar-refractivity contribution in [2.45, 2.75) is 288 Å². The summed E-state index contributed by atoms with van der Waals surface area (Å²) in [6, 6.07) is -0.797. The monoisotopic (exact) mass is 840 g/mol. The third-order valence-electron chi connectivity index (χ3n) is 12.4. The highest BCUT2D eigenvalue weighted by Gasteiger charge is 2.44. The number of unbranched alkanes of at least 4 members (excludes halogenated alkanes) is 33. The number of hydrogen-bond donors (Lipinski definition) is 6. The molecule has 0 aromatic carbocycles. The molecule has 1 fully saturated rings. The Bertz CT molecular complexity index is 935. The SMILES string of the molecule is CCCCCCCCC/C=C/[C@@H](O)[C@H](CO[C@@H]1O[C@H](CO)[C@H](O)C(O)C1O)NC(=O)CCCCCCCCCCCCCCCCCCCCCCCCCCCCC. The van der Waals surface area contributed by atoms with Gasteiger partial charge >= 0.3 is 0 Å². The Labute approximate surface area is 363 Å². The summed E-state index contributed by atoms with van der Waals surface area (Å²) in [4.78, 5) is 12.9. The first-order valence-corrected chi connectivity index (χ1v) is 25.4. The van der Waals surface area contributed by atoms with Gasteiger partial charge in [-0.05, 0) is 19.3 Å². The normalized spacial score (nSPS) is 20.7. The number of aliphatic hydroxyl groups is 5. The number of carbonyl (C=O) groups is 1. The third kappa shape index (κ3) is 31.4. The summed E-state index contributed by atoms with van der Waals surface area (Å²) >= 11 is 0. The zero-order chi connectivity index (χ0) is 43.0. The molecule has 6 N–H and O–H groups in total. The van der Waals surface area contributed by atoms with E-state index in [1.807, 2.05) is 6.08 Å². The predicted octanol–water partition coefficient (Wildman–Crippen LogP) is 11.3. The van der Waals surface area contributed by atoms with Crippen LogP contribution < -0.4 is 5.32 Å². The Morgan fingerprint density at radius 2 is 0.932 bits per heavy atom. The van der Waals surface area contributed by atoms with Gasteiger partial charge < -0.3 is 40.3 Å². The molecule has 1 rings (SSSR count). The summed E-state index contributed by atoms with van der Waals surface area (Å²) in [6.45, 7) is 3.76. The van der Waals surface area contributed by atoms with Crippen molar-refractivity contribution >= 4 is 5.91 Å². The lowest BCUT2D eigenvalue weighted by molar-refractivity contribution is -0.302. The van der Waals surface area contributed by atoms with Crippen molar-refractivity contribution in [3.05, 3.63) is 12.2 Å². The maximum Gasteiger partial charge on any atom is 0.220 e. The predicted molar refractivity (Wildman–Crippen MR) is 244 cm³/mol. The van der Waals surface area contributed by atoms with Crippen LogP contribution in [0.5, 0.6) is 0 Å². The smallest absolute Gasteiger partial charge is 0.220 e. The van der Waals surface area contributed by atoms with E-state index in [1.165, 1.54) is 186 Å². The van der Waals surface area contributed by atoms with Crippen LogP contribution in [-0.4, -0.2) is 87.5 Å². The standard InChI is InChI=1S/C50H97NO8/c1-3-5-7-9-11-13-14-15-16-17-18-19-20-21-22-23-24-25-26-27-28-29-30-32-34-36-38-40-46(54)51-43(44(53)39-37-35-33-31-12-10-8-6-4-2)42-58-50-49(57)48(56)47(55)45(41-52)59-50/h37,39,43-45,47-50,52-53,55-57H,3-36,38,40-42H2,1-2H3,(H,51,54)/b39-37+/t43-,44+,45+,47-,48?,49?,50+/m0/s1. The zero-order valence-corrected chi connectivity index (χ0v) is 38.5. The molecule has 1 aliphatic heterocycles. The lowest BCUT2D eigenvalue weighted by Crippen LogP contribution is -2.60. The topological polar surface area (TPSA) is 149 Å². The largest absolute Gasteiger partial charge is 0.394 e. The van der Waals surface area contributed by atoms with Crippen molar-refractivity contribution in [1.82, 2.24) is 5.32 Å². The molecular weight excluding hydrogens is 743 g/mol. The molecule has 0 bridgehead atoms. The number of hydrogen-bond acceptors (Lipinski definition) is 8. The van der Waals surface area contributed by atoms with Crippen molar-refractivity contribution in [3.8, 4) is 0 Å². The van der Waals surface area contributed by atoms with Crippen LogP contribution >= 0.6 is 0 Å². The number of nitrogens with one attached hydrogen (secondary N) is 1. The first-order chi connectivity index (χ1) is 28.8. The first kappa shape index (κ1) is 55.9. The molecule has 1 amide bonds. The average Bonchev–Trinajstić information content (AvgIpc) is 3.23. The van der Waals surface area contributed by atoms with Crippen molar-refractivity contribution in [1.29, 1.82) is 0 Å². The van der Waals surface area contributed by atoms with E-state index in [9.17, 15) is 30.3 Å². The zero-order valence-electron chi connectivity index (χ0n) is 38.5. The maximum absolute atomic E-state index is 12.9. The molecule has 1 heterocycles. The van der Waals surface area contributed by atoms with E-state index in [4.69, 9.17) is 9.47 Å². The lowest BCUT2D eigenvalue weighted by atomic mass is 9.99. The minimum Gasteiger partial charge on any atom is -0.394 e. The number of amides is 1. The third-order valence-corrected chi connectivity index (χ3v) is 12.4. The molecule has 59 heavy (non-hydrogen) atoms. The number of allylic oxidation sites excluding steroid dienone is 1. The Morgan fingerprint density at radius 3 is 1.32 bits per heavy atom. The van der Waals surface area contributed by atoms with E-state index in [1.54, 1.807) is 6.08 Å². The second-order valence-corrected chi connectivity index (χ2v) is 18.0. The molecule has 0 aromatic rings. The Hall–Kier alpha value is -1.07. The molecule has 9 nitrogen and oxygen atoms in total. The summed E-state index contributed by atoms with van der Waals surface area (Å²) < 4.78 is 11.2. The highest BCUT2D eigenvalue weighted by molar-refractivity contribution is 5.76. The number of rotatable bonds is 43. The Kier molecular flexibility index (Phi) is 38.9. The molecule has 0 spiro atoms. The Morgan fingerprint density at radius 1 is 0.559 bits per heavy atom. The van der Waals surface area contributed by atoms with E-state index in [0.717, 1.165) is 38.5 Å². The molecule has 1 aliphatic rings. The first-order valence-electron chi connectivity index (χ1n) is 25.4. The van der Waals surface area contributed by atoms with E-state index in [0.29, 0.717) is 6.42 Å². The number of ether oxygens (including phenoxy) is 2. The van der Waals surface area contributed by atoms with Gasteiger partial charge in [0, 0.05) is 6.42 Å². The minimum absolute atomic E-state index is 0.175. The maximum atomic E-state index is 12.9. The molecule has 0 saturated carbocycles. The van der Waals surface area contributed by atoms with E-state index < -0.39 is 49.5 Å². The van der Waals surface area contributed by atoms with Gasteiger partial charge in [-0.3, -0.25) is 4.79 Å². The molecule has 1 saturated heterocycles. The summed E-state index contributed by atoms with van der Waals surface area (Å²) in [5.41, 5.74) is 0. The lowest BCUT2D eigenvalue weighted by Gasteiger charge is -2.40. The summed E-state index contributed by atoms with van der Waals surface area (Å²) in [6.07, 6.45) is 41.5. The average molecular weight is 840 g/mol. The van der Waals surface area contributed by atoms with Crippen LogP contribution in [0.1, 0.15) is 245 Å². The van der Waals surface area contributed by atoms with Gasteiger partial charge in [0.2, 0.25) is 5.91 Å². The molecule has 350 valence electrons. The summed E-state index contributed by atoms with van der Waals surface area (Å²) in [5, 5.41) is 54.1. The van der Waals surface area contributed by atoms with Crippen LogP contribution in [0, 0.1) is 0 Å². The van der Waals surface area contributed by atoms with Gasteiger partial charge in [0.15, 0.2) is 6.29 Å². The molecular formula is C50H97NO8. The Balaban J connectivity index is 2.13. The van der Waals surface area contributed by atoms with Gasteiger partial charge in [-0.2, -0.15) is 0 Å². The second kappa shape index (κ2) is 41.0. The van der Waals surface area contributed by atoms with Gasteiger partial charge in [0.1, 0.15) is 24.4 Å². The second-order valence-electron chi connectivity index (χ2n) is 18.0. The van der Waals surface area contributed by atoms with Crippen molar-refractivity contribution < 1.29 is 39.8 Å². The van der Waals surface area contributed by atoms with Crippen molar-refractivity contribution in [2.24, 2.45) is 0 Å². The van der Waals surface area contributed by atoms with Gasteiger partial charge in [0.25, 0.3) is 0 Å². The highest BCUT2D eigenvalue weighted by atomic mass is 16.7.